The van der Waals surface area contributed by atoms with Crippen LogP contribution in [0.1, 0.15) is 49.2 Å². The summed E-state index contributed by atoms with van der Waals surface area (Å²) in [6.45, 7) is 12.4. The Hall–Kier alpha value is -1.94. The summed E-state index contributed by atoms with van der Waals surface area (Å²) in [7, 11) is -1.03. The molecule has 3 rings (SSSR count). The Morgan fingerprint density at radius 3 is 2.61 bits per heavy atom. The zero-order valence-electron chi connectivity index (χ0n) is 19.0. The predicted octanol–water partition coefficient (Wildman–Crippen LogP) is 0.620. The Balaban J connectivity index is 1.59. The van der Waals surface area contributed by atoms with Crippen molar-refractivity contribution in [1.29, 1.82) is 0 Å². The van der Waals surface area contributed by atoms with Crippen molar-refractivity contribution in [2.24, 2.45) is 5.92 Å². The van der Waals surface area contributed by atoms with Crippen molar-refractivity contribution < 1.29 is 28.7 Å². The molecule has 31 heavy (non-hydrogen) atoms. The van der Waals surface area contributed by atoms with Gasteiger partial charge in [-0.25, -0.2) is 4.79 Å². The number of ether oxygens (including phenoxy) is 2. The molecule has 2 aliphatic heterocycles. The van der Waals surface area contributed by atoms with Gasteiger partial charge in [0, 0.05) is 25.2 Å². The van der Waals surface area contributed by atoms with E-state index in [9.17, 15) is 14.6 Å². The molecule has 1 saturated heterocycles. The summed E-state index contributed by atoms with van der Waals surface area (Å²) in [5, 5.41) is 12.8. The van der Waals surface area contributed by atoms with Crippen molar-refractivity contribution in [3.8, 4) is 0 Å². The molecule has 2 aliphatic rings. The number of nitrogens with one attached hydrogen (secondary N) is 1. The largest absolute Gasteiger partial charge is 0.492 e. The first kappa shape index (κ1) is 23.7. The van der Waals surface area contributed by atoms with Crippen LogP contribution in [0, 0.1) is 12.8 Å². The van der Waals surface area contributed by atoms with E-state index in [2.05, 4.69) is 10.2 Å². The number of hydrogen-bond acceptors (Lipinski definition) is 7. The van der Waals surface area contributed by atoms with Gasteiger partial charge in [0.15, 0.2) is 0 Å². The maximum atomic E-state index is 12.9. The summed E-state index contributed by atoms with van der Waals surface area (Å²) >= 11 is 0. The van der Waals surface area contributed by atoms with E-state index in [-0.39, 0.29) is 30.6 Å². The van der Waals surface area contributed by atoms with Crippen molar-refractivity contribution in [2.75, 3.05) is 26.2 Å². The van der Waals surface area contributed by atoms with E-state index in [4.69, 9.17) is 14.1 Å². The van der Waals surface area contributed by atoms with Crippen LogP contribution in [0.15, 0.2) is 12.1 Å². The molecule has 0 aliphatic carbocycles. The normalized spacial score (nSPS) is 22.4. The van der Waals surface area contributed by atoms with Gasteiger partial charge >= 0.3 is 13.1 Å². The van der Waals surface area contributed by atoms with Crippen LogP contribution >= 0.6 is 0 Å². The van der Waals surface area contributed by atoms with Crippen LogP contribution < -0.4 is 10.8 Å². The molecule has 0 aromatic heterocycles. The first-order valence-corrected chi connectivity index (χ1v) is 10.9. The Bertz CT molecular complexity index is 807. The average molecular weight is 432 g/mol. The summed E-state index contributed by atoms with van der Waals surface area (Å²) in [6.07, 6.45) is 0.309. The predicted molar refractivity (Wildman–Crippen MR) is 117 cm³/mol. The fraction of sp³-hybridized carbons (Fsp3) is 0.636. The number of carbonyl (C=O) groups is 2. The van der Waals surface area contributed by atoms with Gasteiger partial charge in [-0.3, -0.25) is 9.69 Å². The van der Waals surface area contributed by atoms with Crippen molar-refractivity contribution in [1.82, 2.24) is 10.2 Å². The average Bonchev–Trinajstić information content (AvgIpc) is 3.06. The lowest BCUT2D eigenvalue weighted by Crippen LogP contribution is -2.48. The van der Waals surface area contributed by atoms with Gasteiger partial charge in [-0.05, 0) is 49.3 Å². The Morgan fingerprint density at radius 1 is 1.29 bits per heavy atom. The summed E-state index contributed by atoms with van der Waals surface area (Å²) in [6, 6.07) is 2.72. The SMILES string of the molecule is Cc1c(C(=O)N[C@H](C(=O)OCCN2CC(C)OC(C)C2)C(C)C)ccc2c1B(O)OC2. The summed E-state index contributed by atoms with van der Waals surface area (Å²) < 4.78 is 16.5. The van der Waals surface area contributed by atoms with Crippen LogP contribution in [0.4, 0.5) is 0 Å². The molecule has 170 valence electrons. The third-order valence-electron chi connectivity index (χ3n) is 5.85. The molecule has 0 spiro atoms. The summed E-state index contributed by atoms with van der Waals surface area (Å²) in [4.78, 5) is 27.8. The highest BCUT2D eigenvalue weighted by Gasteiger charge is 2.32. The summed E-state index contributed by atoms with van der Waals surface area (Å²) in [5.41, 5.74) is 2.57. The molecule has 0 bridgehead atoms. The highest BCUT2D eigenvalue weighted by Crippen LogP contribution is 2.17. The van der Waals surface area contributed by atoms with Gasteiger partial charge in [-0.15, -0.1) is 0 Å². The van der Waals surface area contributed by atoms with Crippen molar-refractivity contribution in [3.05, 3.63) is 28.8 Å². The lowest BCUT2D eigenvalue weighted by Gasteiger charge is -2.35. The lowest BCUT2D eigenvalue weighted by molar-refractivity contribution is -0.148. The smallest absolute Gasteiger partial charge is 0.463 e. The lowest BCUT2D eigenvalue weighted by atomic mass is 9.75. The van der Waals surface area contributed by atoms with E-state index in [1.807, 2.05) is 27.7 Å². The monoisotopic (exact) mass is 432 g/mol. The molecular formula is C22H33BN2O6. The van der Waals surface area contributed by atoms with E-state index in [1.54, 1.807) is 19.1 Å². The van der Waals surface area contributed by atoms with Crippen LogP contribution in [0.3, 0.4) is 0 Å². The van der Waals surface area contributed by atoms with E-state index < -0.39 is 19.1 Å². The van der Waals surface area contributed by atoms with Gasteiger partial charge in [-0.1, -0.05) is 19.9 Å². The van der Waals surface area contributed by atoms with Gasteiger partial charge < -0.3 is 24.5 Å². The van der Waals surface area contributed by atoms with Gasteiger partial charge in [0.2, 0.25) is 0 Å². The Morgan fingerprint density at radius 2 is 1.97 bits per heavy atom. The molecule has 9 heteroatoms. The van der Waals surface area contributed by atoms with E-state index >= 15 is 0 Å². The maximum absolute atomic E-state index is 12.9. The van der Waals surface area contributed by atoms with E-state index in [0.717, 1.165) is 18.7 Å². The first-order valence-electron chi connectivity index (χ1n) is 10.9. The van der Waals surface area contributed by atoms with Crippen LogP contribution in [-0.4, -0.2) is 73.4 Å². The number of rotatable bonds is 7. The minimum absolute atomic E-state index is 0.136. The molecule has 3 atom stereocenters. The molecular weight excluding hydrogens is 399 g/mol. The minimum atomic E-state index is -1.03. The highest BCUT2D eigenvalue weighted by atomic mass is 16.5. The molecule has 1 aromatic carbocycles. The molecule has 1 aromatic rings. The third kappa shape index (κ3) is 5.66. The highest BCUT2D eigenvalue weighted by molar-refractivity contribution is 6.62. The number of nitrogens with zero attached hydrogens (tertiary/aromatic N) is 1. The molecule has 1 fully saturated rings. The van der Waals surface area contributed by atoms with Crippen molar-refractivity contribution in [2.45, 2.75) is 59.5 Å². The second-order valence-corrected chi connectivity index (χ2v) is 8.85. The van der Waals surface area contributed by atoms with Gasteiger partial charge in [0.05, 0.1) is 18.8 Å². The second kappa shape index (κ2) is 10.1. The fourth-order valence-electron chi connectivity index (χ4n) is 4.30. The number of fused-ring (bicyclic) bond motifs is 1. The number of hydrogen-bond donors (Lipinski definition) is 2. The van der Waals surface area contributed by atoms with E-state index in [1.165, 1.54) is 0 Å². The van der Waals surface area contributed by atoms with Crippen LogP contribution in [0.5, 0.6) is 0 Å². The maximum Gasteiger partial charge on any atom is 0.492 e. The van der Waals surface area contributed by atoms with Crippen LogP contribution in [0.25, 0.3) is 0 Å². The molecule has 2 unspecified atom stereocenters. The molecule has 2 heterocycles. The van der Waals surface area contributed by atoms with Crippen LogP contribution in [0.2, 0.25) is 0 Å². The quantitative estimate of drug-likeness (QED) is 0.482. The molecule has 2 N–H and O–H groups in total. The number of benzene rings is 1. The van der Waals surface area contributed by atoms with Gasteiger partial charge in [-0.2, -0.15) is 0 Å². The zero-order chi connectivity index (χ0) is 22.7. The molecule has 0 radical (unpaired) electrons. The topological polar surface area (TPSA) is 97.3 Å². The van der Waals surface area contributed by atoms with E-state index in [0.29, 0.717) is 29.7 Å². The first-order chi connectivity index (χ1) is 14.7. The second-order valence-electron chi connectivity index (χ2n) is 8.85. The zero-order valence-corrected chi connectivity index (χ0v) is 19.0. The number of amides is 1. The third-order valence-corrected chi connectivity index (χ3v) is 5.85. The van der Waals surface area contributed by atoms with Gasteiger partial charge in [0.1, 0.15) is 12.6 Å². The fourth-order valence-corrected chi connectivity index (χ4v) is 4.30. The molecule has 0 saturated carbocycles. The number of carbonyl (C=O) groups excluding carboxylic acids is 2. The molecule has 1 amide bonds. The minimum Gasteiger partial charge on any atom is -0.463 e. The number of esters is 1. The van der Waals surface area contributed by atoms with Crippen molar-refractivity contribution in [3.63, 3.8) is 0 Å². The van der Waals surface area contributed by atoms with Crippen LogP contribution in [-0.2, 0) is 25.5 Å². The Kier molecular flexibility index (Phi) is 7.75. The summed E-state index contributed by atoms with van der Waals surface area (Å²) in [5.74, 6) is -0.950. The standard InChI is InChI=1S/C22H33BN2O6/c1-13(2)20(22(27)29-9-8-25-10-14(3)31-15(4)11-25)24-21(26)18-7-6-17-12-30-23(28)19(17)16(18)5/h6-7,13-15,20,28H,8-12H2,1-5H3,(H,24,26)/t14?,15?,20-/m0/s1. The number of morpholine rings is 1. The Labute approximate surface area is 184 Å². The van der Waals surface area contributed by atoms with Crippen molar-refractivity contribution >= 4 is 24.5 Å². The molecule has 8 nitrogen and oxygen atoms in total. The van der Waals surface area contributed by atoms with Gasteiger partial charge in [0.25, 0.3) is 5.91 Å².